The number of nitrogens with zero attached hydrogens (tertiary/aromatic N) is 2. The van der Waals surface area contributed by atoms with Gasteiger partial charge < -0.3 is 10.5 Å². The van der Waals surface area contributed by atoms with E-state index in [9.17, 15) is 14.4 Å². The number of hydrogen-bond acceptors (Lipinski definition) is 7. The lowest BCUT2D eigenvalue weighted by Crippen LogP contribution is -2.22. The Hall–Kier alpha value is -2.61. The van der Waals surface area contributed by atoms with E-state index in [0.29, 0.717) is 17.5 Å². The number of carbonyl (C=O) groups is 3. The molecule has 1 fully saturated rings. The van der Waals surface area contributed by atoms with Crippen LogP contribution in [0.25, 0.3) is 0 Å². The lowest BCUT2D eigenvalue weighted by molar-refractivity contribution is -0.113. The first kappa shape index (κ1) is 16.8. The molecule has 1 amide bonds. The van der Waals surface area contributed by atoms with Crippen LogP contribution in [-0.4, -0.2) is 41.3 Å². The molecule has 0 radical (unpaired) electrons. The summed E-state index contributed by atoms with van der Waals surface area (Å²) in [5, 5.41) is 2.48. The number of carbonyl (C=O) groups excluding carboxylic acids is 3. The fourth-order valence-electron chi connectivity index (χ4n) is 1.99. The quantitative estimate of drug-likeness (QED) is 0.427. The van der Waals surface area contributed by atoms with E-state index >= 15 is 0 Å². The van der Waals surface area contributed by atoms with Gasteiger partial charge in [0.05, 0.1) is 17.9 Å². The summed E-state index contributed by atoms with van der Waals surface area (Å²) in [6, 6.07) is 0. The van der Waals surface area contributed by atoms with Crippen molar-refractivity contribution in [2.24, 2.45) is 5.73 Å². The van der Waals surface area contributed by atoms with Gasteiger partial charge in [-0.15, -0.1) is 0 Å². The molecule has 1 aliphatic carbocycles. The molecule has 8 nitrogen and oxygen atoms in total. The van der Waals surface area contributed by atoms with Crippen molar-refractivity contribution in [1.82, 2.24) is 9.97 Å². The number of aldehydes is 1. The minimum absolute atomic E-state index is 0.0650. The molecule has 122 valence electrons. The zero-order chi connectivity index (χ0) is 16.8. The minimum Gasteiger partial charge on any atom is -0.462 e. The summed E-state index contributed by atoms with van der Waals surface area (Å²) in [7, 11) is 0. The fourth-order valence-corrected chi connectivity index (χ4v) is 1.99. The zero-order valence-electron chi connectivity index (χ0n) is 12.7. The van der Waals surface area contributed by atoms with Crippen LogP contribution in [0.15, 0.2) is 17.8 Å². The van der Waals surface area contributed by atoms with Gasteiger partial charge >= 0.3 is 5.97 Å². The van der Waals surface area contributed by atoms with E-state index in [1.54, 1.807) is 6.92 Å². The highest BCUT2D eigenvalue weighted by atomic mass is 16.5. The standard InChI is InChI=1S/C15H18N4O4/c1-2-23-14(22)11-8-17-15(18-12(11)9-3-4-9)19-13(21)10(7-16)5-6-20/h5-6,8-9H,2-4,7,16H2,1H3,(H,17,18,19,21)/b10-5-. The SMILES string of the molecule is CCOC(=O)c1cnc(NC(=O)/C(=C\C=O)CN)nc1C1CC1. The predicted molar refractivity (Wildman–Crippen MR) is 81.8 cm³/mol. The Balaban J connectivity index is 2.23. The van der Waals surface area contributed by atoms with Crippen molar-refractivity contribution in [3.8, 4) is 0 Å². The number of nitrogens with two attached hydrogens (primary N) is 1. The lowest BCUT2D eigenvalue weighted by atomic mass is 10.1. The van der Waals surface area contributed by atoms with Gasteiger partial charge in [-0.25, -0.2) is 14.8 Å². The summed E-state index contributed by atoms with van der Waals surface area (Å²) in [5.74, 6) is -0.788. The van der Waals surface area contributed by atoms with Gasteiger partial charge in [0.15, 0.2) is 0 Å². The Morgan fingerprint density at radius 2 is 2.22 bits per heavy atom. The molecular weight excluding hydrogens is 300 g/mol. The van der Waals surface area contributed by atoms with E-state index in [2.05, 4.69) is 15.3 Å². The van der Waals surface area contributed by atoms with Crippen LogP contribution < -0.4 is 11.1 Å². The molecular formula is C15H18N4O4. The molecule has 1 aromatic rings. The van der Waals surface area contributed by atoms with Gasteiger partial charge in [0.1, 0.15) is 6.29 Å². The molecule has 0 aromatic carbocycles. The fraction of sp³-hybridized carbons (Fsp3) is 0.400. The second-order valence-electron chi connectivity index (χ2n) is 4.97. The van der Waals surface area contributed by atoms with Gasteiger partial charge in [-0.1, -0.05) is 0 Å². The van der Waals surface area contributed by atoms with Crippen LogP contribution in [-0.2, 0) is 14.3 Å². The molecule has 0 atom stereocenters. The summed E-state index contributed by atoms with van der Waals surface area (Å²) in [6.45, 7) is 1.90. The molecule has 1 aromatic heterocycles. The smallest absolute Gasteiger partial charge is 0.341 e. The zero-order valence-corrected chi connectivity index (χ0v) is 12.7. The van der Waals surface area contributed by atoms with Crippen LogP contribution in [0.3, 0.4) is 0 Å². The largest absolute Gasteiger partial charge is 0.462 e. The van der Waals surface area contributed by atoms with E-state index in [1.165, 1.54) is 6.20 Å². The minimum atomic E-state index is -0.551. The topological polar surface area (TPSA) is 124 Å². The van der Waals surface area contributed by atoms with Gasteiger partial charge in [0.2, 0.25) is 5.95 Å². The first-order chi connectivity index (χ1) is 11.1. The van der Waals surface area contributed by atoms with Gasteiger partial charge in [0, 0.05) is 24.2 Å². The van der Waals surface area contributed by atoms with E-state index in [-0.39, 0.29) is 30.6 Å². The van der Waals surface area contributed by atoms with Crippen molar-refractivity contribution in [3.05, 3.63) is 29.1 Å². The number of anilines is 1. The molecule has 0 aliphatic heterocycles. The third-order valence-corrected chi connectivity index (χ3v) is 3.28. The molecule has 1 saturated carbocycles. The Kier molecular flexibility index (Phi) is 5.53. The summed E-state index contributed by atoms with van der Waals surface area (Å²) in [5.41, 5.74) is 6.41. The van der Waals surface area contributed by atoms with Crippen molar-refractivity contribution in [2.75, 3.05) is 18.5 Å². The van der Waals surface area contributed by atoms with Crippen molar-refractivity contribution >= 4 is 24.1 Å². The van der Waals surface area contributed by atoms with Crippen LogP contribution in [0.1, 0.15) is 41.7 Å². The van der Waals surface area contributed by atoms with Crippen LogP contribution in [0.4, 0.5) is 5.95 Å². The van der Waals surface area contributed by atoms with Crippen molar-refractivity contribution in [1.29, 1.82) is 0 Å². The maximum absolute atomic E-state index is 12.0. The number of amides is 1. The van der Waals surface area contributed by atoms with E-state index < -0.39 is 11.9 Å². The molecule has 3 N–H and O–H groups in total. The van der Waals surface area contributed by atoms with Crippen LogP contribution in [0.5, 0.6) is 0 Å². The Bertz CT molecular complexity index is 653. The Morgan fingerprint density at radius 1 is 1.48 bits per heavy atom. The Morgan fingerprint density at radius 3 is 2.78 bits per heavy atom. The number of nitrogens with one attached hydrogen (secondary N) is 1. The van der Waals surface area contributed by atoms with E-state index in [1.807, 2.05) is 0 Å². The maximum Gasteiger partial charge on any atom is 0.341 e. The molecule has 0 bridgehead atoms. The molecule has 0 unspecified atom stereocenters. The second-order valence-corrected chi connectivity index (χ2v) is 4.97. The summed E-state index contributed by atoms with van der Waals surface area (Å²) in [4.78, 5) is 42.6. The first-order valence-corrected chi connectivity index (χ1v) is 7.30. The average Bonchev–Trinajstić information content (AvgIpc) is 3.37. The number of allylic oxidation sites excluding steroid dienone is 1. The molecule has 1 heterocycles. The van der Waals surface area contributed by atoms with Crippen molar-refractivity contribution in [3.63, 3.8) is 0 Å². The lowest BCUT2D eigenvalue weighted by Gasteiger charge is -2.10. The van der Waals surface area contributed by atoms with Crippen LogP contribution in [0, 0.1) is 0 Å². The predicted octanol–water partition coefficient (Wildman–Crippen LogP) is 0.553. The van der Waals surface area contributed by atoms with Gasteiger partial charge in [-0.05, 0) is 25.8 Å². The highest BCUT2D eigenvalue weighted by molar-refractivity contribution is 6.05. The van der Waals surface area contributed by atoms with E-state index in [0.717, 1.165) is 18.9 Å². The summed E-state index contributed by atoms with van der Waals surface area (Å²) in [6.07, 6.45) is 4.78. The van der Waals surface area contributed by atoms with Crippen LogP contribution >= 0.6 is 0 Å². The third kappa shape index (κ3) is 4.19. The highest BCUT2D eigenvalue weighted by Gasteiger charge is 2.31. The molecule has 1 aliphatic rings. The molecule has 0 saturated heterocycles. The maximum atomic E-state index is 12.0. The number of aromatic nitrogens is 2. The first-order valence-electron chi connectivity index (χ1n) is 7.30. The second kappa shape index (κ2) is 7.59. The van der Waals surface area contributed by atoms with Gasteiger partial charge in [-0.3, -0.25) is 14.9 Å². The van der Waals surface area contributed by atoms with E-state index in [4.69, 9.17) is 10.5 Å². The van der Waals surface area contributed by atoms with Gasteiger partial charge in [0.25, 0.3) is 5.91 Å². The monoisotopic (exact) mass is 318 g/mol. The average molecular weight is 318 g/mol. The molecule has 8 heteroatoms. The number of esters is 1. The molecule has 0 spiro atoms. The number of rotatable bonds is 7. The normalized spacial score (nSPS) is 14.3. The number of hydrogen-bond donors (Lipinski definition) is 2. The van der Waals surface area contributed by atoms with Gasteiger partial charge in [-0.2, -0.15) is 0 Å². The Labute approximate surface area is 133 Å². The molecule has 23 heavy (non-hydrogen) atoms. The van der Waals surface area contributed by atoms with Crippen molar-refractivity contribution < 1.29 is 19.1 Å². The third-order valence-electron chi connectivity index (χ3n) is 3.28. The molecule has 2 rings (SSSR count). The van der Waals surface area contributed by atoms with Crippen LogP contribution in [0.2, 0.25) is 0 Å². The summed E-state index contributed by atoms with van der Waals surface area (Å²) < 4.78 is 4.98. The summed E-state index contributed by atoms with van der Waals surface area (Å²) >= 11 is 0. The number of ether oxygens (including phenoxy) is 1. The highest BCUT2D eigenvalue weighted by Crippen LogP contribution is 2.40. The van der Waals surface area contributed by atoms with Crippen molar-refractivity contribution in [2.45, 2.75) is 25.7 Å².